The van der Waals surface area contributed by atoms with Crippen molar-refractivity contribution in [3.8, 4) is 0 Å². The van der Waals surface area contributed by atoms with Gasteiger partial charge in [0.25, 0.3) is 5.91 Å². The monoisotopic (exact) mass is 405 g/mol. The molecule has 0 aromatic heterocycles. The van der Waals surface area contributed by atoms with Gasteiger partial charge in [-0.3, -0.25) is 9.59 Å². The van der Waals surface area contributed by atoms with E-state index in [-0.39, 0.29) is 21.4 Å². The van der Waals surface area contributed by atoms with Crippen LogP contribution in [0.3, 0.4) is 0 Å². The molecular weight excluding hydrogens is 386 g/mol. The molecule has 2 amide bonds. The molecule has 0 saturated heterocycles. The van der Waals surface area contributed by atoms with Gasteiger partial charge in [0.05, 0.1) is 15.5 Å². The molecule has 0 unspecified atom stereocenters. The normalized spacial score (nSPS) is 12.2. The van der Waals surface area contributed by atoms with Gasteiger partial charge >= 0.3 is 5.97 Å². The number of sulfonamides is 1. The molecule has 9 nitrogen and oxygen atoms in total. The van der Waals surface area contributed by atoms with E-state index < -0.39 is 34.5 Å². The van der Waals surface area contributed by atoms with Crippen molar-refractivity contribution in [2.45, 2.75) is 24.8 Å². The number of amides is 2. The Labute approximate surface area is 156 Å². The average Bonchev–Trinajstić information content (AvgIpc) is 2.60. The van der Waals surface area contributed by atoms with Crippen molar-refractivity contribution >= 4 is 39.4 Å². The van der Waals surface area contributed by atoms with Crippen molar-refractivity contribution < 1.29 is 27.5 Å². The maximum atomic E-state index is 12.1. The molecule has 1 aromatic rings. The molecule has 0 spiro atoms. The summed E-state index contributed by atoms with van der Waals surface area (Å²) in [5.74, 6) is -2.03. The van der Waals surface area contributed by atoms with Crippen LogP contribution in [0.2, 0.25) is 5.02 Å². The van der Waals surface area contributed by atoms with E-state index in [1.807, 2.05) is 0 Å². The minimum atomic E-state index is -3.77. The number of ether oxygens (including phenoxy) is 1. The zero-order chi connectivity index (χ0) is 19.9. The average molecular weight is 406 g/mol. The van der Waals surface area contributed by atoms with E-state index in [2.05, 4.69) is 15.4 Å². The molecule has 144 valence electrons. The van der Waals surface area contributed by atoms with Crippen molar-refractivity contribution in [1.29, 1.82) is 0 Å². The molecule has 1 aromatic carbocycles. The van der Waals surface area contributed by atoms with Gasteiger partial charge in [-0.2, -0.15) is 0 Å². The molecule has 0 aliphatic carbocycles. The molecular formula is C15H20ClN3O6S. The molecule has 0 fully saturated rings. The van der Waals surface area contributed by atoms with E-state index in [4.69, 9.17) is 16.3 Å². The summed E-state index contributed by atoms with van der Waals surface area (Å²) in [5, 5.41) is 4.87. The quantitative estimate of drug-likeness (QED) is 0.523. The lowest BCUT2D eigenvalue weighted by atomic mass is 10.2. The Morgan fingerprint density at radius 2 is 1.92 bits per heavy atom. The first-order valence-electron chi connectivity index (χ1n) is 7.59. The van der Waals surface area contributed by atoms with Crippen LogP contribution in [-0.4, -0.2) is 52.4 Å². The lowest BCUT2D eigenvalue weighted by Crippen LogP contribution is -2.46. The first-order chi connectivity index (χ1) is 12.1. The molecule has 0 aliphatic rings. The first-order valence-corrected chi connectivity index (χ1v) is 9.45. The van der Waals surface area contributed by atoms with Gasteiger partial charge in [-0.15, -0.1) is 0 Å². The summed E-state index contributed by atoms with van der Waals surface area (Å²) < 4.78 is 30.5. The van der Waals surface area contributed by atoms with Crippen LogP contribution < -0.4 is 15.4 Å². The second-order valence-electron chi connectivity index (χ2n) is 5.11. The van der Waals surface area contributed by atoms with Crippen molar-refractivity contribution in [3.63, 3.8) is 0 Å². The van der Waals surface area contributed by atoms with Crippen LogP contribution in [0.25, 0.3) is 0 Å². The molecule has 26 heavy (non-hydrogen) atoms. The third-order valence-corrected chi connectivity index (χ3v) is 4.93. The van der Waals surface area contributed by atoms with E-state index in [0.717, 1.165) is 6.07 Å². The topological polar surface area (TPSA) is 131 Å². The first kappa shape index (κ1) is 21.9. The highest BCUT2D eigenvalue weighted by molar-refractivity contribution is 7.89. The number of rotatable bonds is 8. The summed E-state index contributed by atoms with van der Waals surface area (Å²) in [7, 11) is -2.55. The minimum Gasteiger partial charge on any atom is -0.452 e. The molecule has 0 radical (unpaired) electrons. The van der Waals surface area contributed by atoms with E-state index in [0.29, 0.717) is 6.54 Å². The molecule has 0 saturated carbocycles. The number of likely N-dealkylation sites (N-methyl/N-ethyl adjacent to an activating group) is 1. The van der Waals surface area contributed by atoms with Crippen LogP contribution in [0.15, 0.2) is 23.1 Å². The Morgan fingerprint density at radius 3 is 2.50 bits per heavy atom. The molecule has 11 heteroatoms. The van der Waals surface area contributed by atoms with Gasteiger partial charge in [-0.1, -0.05) is 11.6 Å². The van der Waals surface area contributed by atoms with Gasteiger partial charge in [0.15, 0.2) is 6.61 Å². The Morgan fingerprint density at radius 1 is 1.27 bits per heavy atom. The predicted molar refractivity (Wildman–Crippen MR) is 94.3 cm³/mol. The number of hydrogen-bond donors (Lipinski definition) is 3. The highest BCUT2D eigenvalue weighted by Gasteiger charge is 2.20. The van der Waals surface area contributed by atoms with Crippen LogP contribution in [0.4, 0.5) is 0 Å². The number of nitrogens with one attached hydrogen (secondary N) is 3. The fraction of sp³-hybridized carbons (Fsp3) is 0.400. The zero-order valence-electron chi connectivity index (χ0n) is 14.5. The zero-order valence-corrected chi connectivity index (χ0v) is 16.0. The summed E-state index contributed by atoms with van der Waals surface area (Å²) in [6, 6.07) is 2.71. The van der Waals surface area contributed by atoms with Gasteiger partial charge in [0.1, 0.15) is 6.04 Å². The van der Waals surface area contributed by atoms with Gasteiger partial charge in [-0.05, 0) is 39.1 Å². The maximum absolute atomic E-state index is 12.1. The van der Waals surface area contributed by atoms with Gasteiger partial charge in [-0.25, -0.2) is 17.9 Å². The SMILES string of the molecule is CCNC(=O)[C@H](C)NC(=O)COC(=O)c1cc(S(=O)(=O)NC)ccc1Cl. The van der Waals surface area contributed by atoms with Crippen molar-refractivity contribution in [2.75, 3.05) is 20.2 Å². The molecule has 1 rings (SSSR count). The Kier molecular flexibility index (Phi) is 8.00. The van der Waals surface area contributed by atoms with Gasteiger partial charge in [0.2, 0.25) is 15.9 Å². The highest BCUT2D eigenvalue weighted by Crippen LogP contribution is 2.21. The summed E-state index contributed by atoms with van der Waals surface area (Å²) in [6.45, 7) is 2.98. The lowest BCUT2D eigenvalue weighted by Gasteiger charge is -2.13. The smallest absolute Gasteiger partial charge is 0.340 e. The molecule has 0 heterocycles. The standard InChI is InChI=1S/C15H20ClN3O6S/c1-4-18-14(21)9(2)19-13(20)8-25-15(22)11-7-10(5-6-12(11)16)26(23,24)17-3/h5-7,9,17H,4,8H2,1-3H3,(H,18,21)(H,19,20)/t9-/m0/s1. The van der Waals surface area contributed by atoms with Crippen molar-refractivity contribution in [2.24, 2.45) is 0 Å². The molecule has 0 aliphatic heterocycles. The maximum Gasteiger partial charge on any atom is 0.340 e. The fourth-order valence-corrected chi connectivity index (χ4v) is 2.78. The van der Waals surface area contributed by atoms with Crippen LogP contribution >= 0.6 is 11.6 Å². The predicted octanol–water partition coefficient (Wildman–Crippen LogP) is 0.0457. The Hall–Kier alpha value is -2.17. The number of carbonyl (C=O) groups is 3. The number of esters is 1. The summed E-state index contributed by atoms with van der Waals surface area (Å²) in [5.41, 5.74) is -0.201. The third-order valence-electron chi connectivity index (χ3n) is 3.19. The number of halogens is 1. The van der Waals surface area contributed by atoms with E-state index in [1.165, 1.54) is 26.1 Å². The molecule has 0 bridgehead atoms. The van der Waals surface area contributed by atoms with Crippen LogP contribution in [0.5, 0.6) is 0 Å². The number of carbonyl (C=O) groups excluding carboxylic acids is 3. The summed E-state index contributed by atoms with van der Waals surface area (Å²) >= 11 is 5.89. The Bertz CT molecular complexity index is 797. The van der Waals surface area contributed by atoms with Crippen molar-refractivity contribution in [1.82, 2.24) is 15.4 Å². The van der Waals surface area contributed by atoms with E-state index >= 15 is 0 Å². The fourth-order valence-electron chi connectivity index (χ4n) is 1.83. The molecule has 1 atom stereocenters. The largest absolute Gasteiger partial charge is 0.452 e. The highest BCUT2D eigenvalue weighted by atomic mass is 35.5. The van der Waals surface area contributed by atoms with Crippen molar-refractivity contribution in [3.05, 3.63) is 28.8 Å². The summed E-state index contributed by atoms with van der Waals surface area (Å²) in [4.78, 5) is 35.2. The second kappa shape index (κ2) is 9.51. The van der Waals surface area contributed by atoms with Crippen LogP contribution in [0, 0.1) is 0 Å². The number of hydrogen-bond acceptors (Lipinski definition) is 6. The lowest BCUT2D eigenvalue weighted by molar-refractivity contribution is -0.130. The van der Waals surface area contributed by atoms with Crippen LogP contribution in [0.1, 0.15) is 24.2 Å². The van der Waals surface area contributed by atoms with Gasteiger partial charge < -0.3 is 15.4 Å². The molecule has 3 N–H and O–H groups in total. The Balaban J connectivity index is 2.75. The number of benzene rings is 1. The minimum absolute atomic E-state index is 0.0267. The van der Waals surface area contributed by atoms with E-state index in [9.17, 15) is 22.8 Å². The third kappa shape index (κ3) is 5.97. The van der Waals surface area contributed by atoms with Gasteiger partial charge in [0, 0.05) is 6.54 Å². The summed E-state index contributed by atoms with van der Waals surface area (Å²) in [6.07, 6.45) is 0. The second-order valence-corrected chi connectivity index (χ2v) is 7.40. The van der Waals surface area contributed by atoms with Crippen LogP contribution in [-0.2, 0) is 24.3 Å². The van der Waals surface area contributed by atoms with E-state index in [1.54, 1.807) is 6.92 Å².